The van der Waals surface area contributed by atoms with Gasteiger partial charge in [-0.1, -0.05) is 59.2 Å². The van der Waals surface area contributed by atoms with Crippen LogP contribution in [-0.2, 0) is 22.3 Å². The summed E-state index contributed by atoms with van der Waals surface area (Å²) in [6, 6.07) is 7.12. The fraction of sp³-hybridized carbons (Fsp3) is 0.560. The summed E-state index contributed by atoms with van der Waals surface area (Å²) in [5.74, 6) is -0.294. The zero-order chi connectivity index (χ0) is 24.4. The molecule has 1 aromatic carbocycles. The lowest BCUT2D eigenvalue weighted by atomic mass is 9.96. The molecular formula is C25H38N4O3Si. The molecule has 0 aliphatic carbocycles. The predicted molar refractivity (Wildman–Crippen MR) is 134 cm³/mol. The van der Waals surface area contributed by atoms with Gasteiger partial charge in [0.25, 0.3) is 5.91 Å². The van der Waals surface area contributed by atoms with Crippen LogP contribution in [0.5, 0.6) is 0 Å². The Kier molecular flexibility index (Phi) is 7.48. The van der Waals surface area contributed by atoms with E-state index in [0.717, 1.165) is 17.7 Å². The van der Waals surface area contributed by atoms with Crippen molar-refractivity contribution in [2.75, 3.05) is 11.9 Å². The molecule has 2 atom stereocenters. The second-order valence-electron chi connectivity index (χ2n) is 10.5. The van der Waals surface area contributed by atoms with Crippen molar-refractivity contribution in [3.05, 3.63) is 47.8 Å². The summed E-state index contributed by atoms with van der Waals surface area (Å²) in [7, 11) is -1.83. The molecule has 1 N–H and O–H groups in total. The highest BCUT2D eigenvalue weighted by Gasteiger charge is 2.38. The Morgan fingerprint density at radius 2 is 2.00 bits per heavy atom. The van der Waals surface area contributed by atoms with Crippen molar-refractivity contribution in [2.24, 2.45) is 5.92 Å². The SMILES string of the molecule is CC[C@H](C)C1C(=O)Nc2ccccc2CN1C(=O)c1cnn(CCO[Si](C)(C)C(C)(C)C)c1. The van der Waals surface area contributed by atoms with Gasteiger partial charge in [-0.05, 0) is 35.7 Å². The highest BCUT2D eigenvalue weighted by molar-refractivity contribution is 6.74. The largest absolute Gasteiger partial charge is 0.415 e. The number of carbonyl (C=O) groups excluding carboxylic acids is 2. The molecule has 1 aliphatic heterocycles. The van der Waals surface area contributed by atoms with E-state index in [9.17, 15) is 9.59 Å². The van der Waals surface area contributed by atoms with Crippen LogP contribution in [0.15, 0.2) is 36.7 Å². The number of aromatic nitrogens is 2. The Bertz CT molecular complexity index is 996. The maximum absolute atomic E-state index is 13.6. The smallest absolute Gasteiger partial charge is 0.258 e. The fourth-order valence-corrected chi connectivity index (χ4v) is 4.80. The molecule has 1 aliphatic rings. The number of amides is 2. The van der Waals surface area contributed by atoms with Crippen LogP contribution in [0.2, 0.25) is 18.1 Å². The first-order valence-corrected chi connectivity index (χ1v) is 14.7. The molecule has 0 saturated carbocycles. The van der Waals surface area contributed by atoms with Gasteiger partial charge in [0, 0.05) is 18.4 Å². The summed E-state index contributed by atoms with van der Waals surface area (Å²) < 4.78 is 8.00. The minimum Gasteiger partial charge on any atom is -0.415 e. The van der Waals surface area contributed by atoms with Crippen LogP contribution in [0.25, 0.3) is 0 Å². The molecule has 1 aromatic heterocycles. The minimum absolute atomic E-state index is 0.0243. The topological polar surface area (TPSA) is 76.5 Å². The van der Waals surface area contributed by atoms with E-state index in [1.807, 2.05) is 38.1 Å². The van der Waals surface area contributed by atoms with Gasteiger partial charge in [0.15, 0.2) is 8.32 Å². The van der Waals surface area contributed by atoms with E-state index in [4.69, 9.17) is 4.43 Å². The number of hydrogen-bond acceptors (Lipinski definition) is 4. The average Bonchev–Trinajstić information content (AvgIpc) is 3.15. The highest BCUT2D eigenvalue weighted by Crippen LogP contribution is 2.36. The van der Waals surface area contributed by atoms with Crippen molar-refractivity contribution in [3.63, 3.8) is 0 Å². The molecule has 2 amide bonds. The van der Waals surface area contributed by atoms with Crippen LogP contribution in [0.1, 0.15) is 57.0 Å². The average molecular weight is 471 g/mol. The number of nitrogens with zero attached hydrogens (tertiary/aromatic N) is 3. The Balaban J connectivity index is 1.78. The monoisotopic (exact) mass is 470 g/mol. The van der Waals surface area contributed by atoms with Gasteiger partial charge >= 0.3 is 0 Å². The third kappa shape index (κ3) is 5.55. The molecule has 2 aromatic rings. The maximum atomic E-state index is 13.6. The maximum Gasteiger partial charge on any atom is 0.258 e. The number of para-hydroxylation sites is 1. The minimum atomic E-state index is -1.83. The first kappa shape index (κ1) is 25.2. The summed E-state index contributed by atoms with van der Waals surface area (Å²) in [5, 5.41) is 7.56. The molecule has 0 bridgehead atoms. The van der Waals surface area contributed by atoms with Gasteiger partial charge < -0.3 is 14.6 Å². The van der Waals surface area contributed by atoms with Crippen molar-refractivity contribution in [1.29, 1.82) is 0 Å². The number of anilines is 1. The zero-order valence-electron chi connectivity index (χ0n) is 21.0. The van der Waals surface area contributed by atoms with Crippen molar-refractivity contribution in [2.45, 2.75) is 78.3 Å². The molecule has 0 fully saturated rings. The Labute approximate surface area is 198 Å². The molecule has 180 valence electrons. The second kappa shape index (κ2) is 9.81. The summed E-state index contributed by atoms with van der Waals surface area (Å²) in [4.78, 5) is 28.4. The highest BCUT2D eigenvalue weighted by atomic mass is 28.4. The van der Waals surface area contributed by atoms with Gasteiger partial charge in [0.1, 0.15) is 6.04 Å². The van der Waals surface area contributed by atoms with Crippen LogP contribution in [0, 0.1) is 5.92 Å². The first-order valence-electron chi connectivity index (χ1n) is 11.8. The van der Waals surface area contributed by atoms with Crippen molar-refractivity contribution in [1.82, 2.24) is 14.7 Å². The Morgan fingerprint density at radius 1 is 1.30 bits per heavy atom. The predicted octanol–water partition coefficient (Wildman–Crippen LogP) is 4.91. The van der Waals surface area contributed by atoms with Crippen LogP contribution in [0.3, 0.4) is 0 Å². The van der Waals surface area contributed by atoms with Crippen LogP contribution < -0.4 is 5.32 Å². The lowest BCUT2D eigenvalue weighted by Gasteiger charge is -2.36. The lowest BCUT2D eigenvalue weighted by Crippen LogP contribution is -2.48. The normalized spacial score (nSPS) is 17.8. The van der Waals surface area contributed by atoms with E-state index in [1.54, 1.807) is 22.0 Å². The molecule has 0 spiro atoms. The molecule has 3 rings (SSSR count). The quantitative estimate of drug-likeness (QED) is 0.583. The van der Waals surface area contributed by atoms with Crippen molar-refractivity contribution < 1.29 is 14.0 Å². The summed E-state index contributed by atoms with van der Waals surface area (Å²) in [5.41, 5.74) is 2.19. The van der Waals surface area contributed by atoms with Gasteiger partial charge in [-0.25, -0.2) is 0 Å². The van der Waals surface area contributed by atoms with Gasteiger partial charge in [-0.2, -0.15) is 5.10 Å². The first-order chi connectivity index (χ1) is 15.4. The van der Waals surface area contributed by atoms with E-state index in [-0.39, 0.29) is 22.8 Å². The fourth-order valence-electron chi connectivity index (χ4n) is 3.77. The molecule has 0 saturated heterocycles. The number of hydrogen-bond donors (Lipinski definition) is 1. The van der Waals surface area contributed by atoms with Crippen LogP contribution in [-0.4, -0.2) is 47.5 Å². The summed E-state index contributed by atoms with van der Waals surface area (Å²) in [6.07, 6.45) is 4.15. The third-order valence-electron chi connectivity index (χ3n) is 7.13. The molecule has 2 heterocycles. The van der Waals surface area contributed by atoms with E-state index in [1.165, 1.54) is 0 Å². The summed E-state index contributed by atoms with van der Waals surface area (Å²) >= 11 is 0. The van der Waals surface area contributed by atoms with Gasteiger partial charge in [0.2, 0.25) is 5.91 Å². The van der Waals surface area contributed by atoms with Gasteiger partial charge in [-0.3, -0.25) is 14.3 Å². The Morgan fingerprint density at radius 3 is 2.67 bits per heavy atom. The lowest BCUT2D eigenvalue weighted by molar-refractivity contribution is -0.122. The number of fused-ring (bicyclic) bond motifs is 1. The van der Waals surface area contributed by atoms with Crippen LogP contribution >= 0.6 is 0 Å². The molecular weight excluding hydrogens is 432 g/mol. The molecule has 33 heavy (non-hydrogen) atoms. The molecule has 7 nitrogen and oxygen atoms in total. The number of rotatable bonds is 7. The number of benzene rings is 1. The van der Waals surface area contributed by atoms with Crippen molar-refractivity contribution >= 4 is 25.8 Å². The third-order valence-corrected chi connectivity index (χ3v) is 11.7. The van der Waals surface area contributed by atoms with E-state index < -0.39 is 14.4 Å². The van der Waals surface area contributed by atoms with Gasteiger partial charge in [0.05, 0.1) is 24.9 Å². The Hall–Kier alpha value is -2.45. The number of nitrogens with one attached hydrogen (secondary N) is 1. The van der Waals surface area contributed by atoms with Crippen LogP contribution in [0.4, 0.5) is 5.69 Å². The zero-order valence-corrected chi connectivity index (χ0v) is 22.0. The van der Waals surface area contributed by atoms with E-state index in [0.29, 0.717) is 25.3 Å². The standard InChI is InChI=1S/C25H38N4O3Si/c1-8-18(2)22-23(30)27-21-12-10-9-11-19(21)17-29(22)24(31)20-15-26-28(16-20)13-14-32-33(6,7)25(3,4)5/h9-12,15-16,18,22H,8,13-14,17H2,1-7H3,(H,27,30)/t18-,22?/m0/s1. The second-order valence-corrected chi connectivity index (χ2v) is 15.3. The van der Waals surface area contributed by atoms with Gasteiger partial charge in [-0.15, -0.1) is 0 Å². The molecule has 8 heteroatoms. The number of carbonyl (C=O) groups is 2. The summed E-state index contributed by atoms with van der Waals surface area (Å²) in [6.45, 7) is 16.7. The van der Waals surface area contributed by atoms with Crippen molar-refractivity contribution in [3.8, 4) is 0 Å². The molecule has 0 radical (unpaired) electrons. The molecule has 1 unspecified atom stereocenters. The van der Waals surface area contributed by atoms with E-state index >= 15 is 0 Å². The van der Waals surface area contributed by atoms with E-state index in [2.05, 4.69) is 44.3 Å².